The van der Waals surface area contributed by atoms with Gasteiger partial charge in [-0.2, -0.15) is 0 Å². The first kappa shape index (κ1) is 25.2. The monoisotopic (exact) mass is 548 g/mol. The summed E-state index contributed by atoms with van der Waals surface area (Å²) in [7, 11) is 3.70. The average molecular weight is 549 g/mol. The number of amides is 1. The first-order valence-corrected chi connectivity index (χ1v) is 11.7. The second-order valence-electron chi connectivity index (χ2n) is 7.94. The molecule has 1 aromatic rings. The molecule has 0 spiro atoms. The number of hydrogen-bond donors (Lipinski definition) is 1. The zero-order valence-corrected chi connectivity index (χ0v) is 21.7. The topological polar surface area (TPSA) is 54.4 Å². The van der Waals surface area contributed by atoms with Gasteiger partial charge in [0.05, 0.1) is 11.0 Å². The molecule has 2 saturated heterocycles. The Labute approximate surface area is 202 Å². The smallest absolute Gasteiger partial charge is 0.239 e. The number of halogens is 1. The van der Waals surface area contributed by atoms with Crippen molar-refractivity contribution in [2.75, 3.05) is 71.4 Å². The molecule has 0 aromatic carbocycles. The van der Waals surface area contributed by atoms with Crippen LogP contribution in [0.1, 0.15) is 26.2 Å². The van der Waals surface area contributed by atoms with Crippen molar-refractivity contribution >= 4 is 52.2 Å². The number of thiophene rings is 1. The van der Waals surface area contributed by atoms with Gasteiger partial charge in [-0.1, -0.05) is 0 Å². The summed E-state index contributed by atoms with van der Waals surface area (Å²) in [5.41, 5.74) is 0. The van der Waals surface area contributed by atoms with E-state index in [1.807, 2.05) is 25.4 Å². The summed E-state index contributed by atoms with van der Waals surface area (Å²) < 4.78 is 0. The molecule has 1 unspecified atom stereocenters. The van der Waals surface area contributed by atoms with Gasteiger partial charge in [0, 0.05) is 59.9 Å². The summed E-state index contributed by atoms with van der Waals surface area (Å²) in [6, 6.07) is 4.38. The molecule has 9 heteroatoms. The Balaban J connectivity index is 0.00000320. The Morgan fingerprint density at radius 2 is 2.03 bits per heavy atom. The zero-order valence-electron chi connectivity index (χ0n) is 18.5. The Kier molecular flexibility index (Phi) is 10.7. The van der Waals surface area contributed by atoms with E-state index in [4.69, 9.17) is 4.99 Å². The highest BCUT2D eigenvalue weighted by Gasteiger charge is 2.31. The van der Waals surface area contributed by atoms with Crippen LogP contribution < -0.4 is 10.2 Å². The van der Waals surface area contributed by atoms with E-state index in [1.54, 1.807) is 4.90 Å². The first-order chi connectivity index (χ1) is 14.1. The second-order valence-corrected chi connectivity index (χ2v) is 8.87. The predicted molar refractivity (Wildman–Crippen MR) is 137 cm³/mol. The van der Waals surface area contributed by atoms with Crippen LogP contribution in [0.15, 0.2) is 22.5 Å². The minimum atomic E-state index is 0. The molecule has 1 aromatic heterocycles. The number of aliphatic imine (C=N–C) groups is 1. The molecule has 1 amide bonds. The van der Waals surface area contributed by atoms with E-state index in [9.17, 15) is 4.79 Å². The number of carbonyl (C=O) groups is 1. The molecule has 3 heterocycles. The molecule has 2 aliphatic rings. The van der Waals surface area contributed by atoms with Crippen molar-refractivity contribution in [2.24, 2.45) is 4.99 Å². The molecule has 1 N–H and O–H groups in total. The number of carbonyl (C=O) groups excluding carboxylic acids is 1. The highest BCUT2D eigenvalue weighted by Crippen LogP contribution is 2.22. The van der Waals surface area contributed by atoms with Crippen molar-refractivity contribution in [1.29, 1.82) is 0 Å². The van der Waals surface area contributed by atoms with Crippen molar-refractivity contribution in [3.8, 4) is 0 Å². The molecular weight excluding hydrogens is 511 g/mol. The molecular formula is C21H37IN6OS. The van der Waals surface area contributed by atoms with Crippen LogP contribution in [0.4, 0.5) is 5.00 Å². The number of anilines is 1. The molecule has 1 atom stereocenters. The van der Waals surface area contributed by atoms with E-state index in [1.165, 1.54) is 5.00 Å². The Morgan fingerprint density at radius 3 is 2.67 bits per heavy atom. The lowest BCUT2D eigenvalue weighted by molar-refractivity contribution is -0.133. The van der Waals surface area contributed by atoms with Crippen molar-refractivity contribution in [3.05, 3.63) is 17.5 Å². The van der Waals surface area contributed by atoms with Gasteiger partial charge in [0.25, 0.3) is 0 Å². The third kappa shape index (κ3) is 6.71. The maximum atomic E-state index is 12.3. The number of piperazine rings is 1. The maximum absolute atomic E-state index is 12.3. The van der Waals surface area contributed by atoms with Crippen LogP contribution in [0, 0.1) is 0 Å². The number of hydrogen-bond acceptors (Lipinski definition) is 5. The normalized spacial score (nSPS) is 20.2. The second kappa shape index (κ2) is 12.7. The molecule has 2 aliphatic heterocycles. The van der Waals surface area contributed by atoms with Gasteiger partial charge < -0.3 is 20.0 Å². The third-order valence-corrected chi connectivity index (χ3v) is 6.62. The van der Waals surface area contributed by atoms with E-state index >= 15 is 0 Å². The molecule has 30 heavy (non-hydrogen) atoms. The summed E-state index contributed by atoms with van der Waals surface area (Å²) >= 11 is 1.81. The standard InChI is InChI=1S/C21H36N6OS.HI/c1-4-22-21(27-15-13-26(14-16-27)19-9-6-17-29-19)23-10-7-12-25-11-5-8-18(25)20(28)24(2)3;/h6,9,17-18H,4-5,7-8,10-16H2,1-3H3,(H,22,23);1H. The maximum Gasteiger partial charge on any atom is 0.239 e. The molecule has 2 fully saturated rings. The number of rotatable bonds is 7. The third-order valence-electron chi connectivity index (χ3n) is 5.69. The predicted octanol–water partition coefficient (Wildman–Crippen LogP) is 2.40. The number of nitrogens with zero attached hydrogens (tertiary/aromatic N) is 5. The highest BCUT2D eigenvalue weighted by molar-refractivity contribution is 14.0. The van der Waals surface area contributed by atoms with E-state index in [2.05, 4.69) is 44.5 Å². The van der Waals surface area contributed by atoms with Crippen LogP contribution in [0.25, 0.3) is 0 Å². The molecule has 3 rings (SSSR count). The molecule has 0 aliphatic carbocycles. The molecule has 0 saturated carbocycles. The zero-order chi connectivity index (χ0) is 20.6. The Hall–Kier alpha value is -1.07. The van der Waals surface area contributed by atoms with Crippen LogP contribution in [0.2, 0.25) is 0 Å². The number of likely N-dealkylation sites (N-methyl/N-ethyl adjacent to an activating group) is 1. The summed E-state index contributed by atoms with van der Waals surface area (Å²) in [5.74, 6) is 1.27. The lowest BCUT2D eigenvalue weighted by Crippen LogP contribution is -2.52. The van der Waals surface area contributed by atoms with Gasteiger partial charge in [-0.25, -0.2) is 0 Å². The molecule has 0 bridgehead atoms. The van der Waals surface area contributed by atoms with Crippen molar-refractivity contribution < 1.29 is 4.79 Å². The highest BCUT2D eigenvalue weighted by atomic mass is 127. The first-order valence-electron chi connectivity index (χ1n) is 10.9. The van der Waals surface area contributed by atoms with E-state index in [0.29, 0.717) is 0 Å². The fraction of sp³-hybridized carbons (Fsp3) is 0.714. The number of guanidine groups is 1. The molecule has 0 radical (unpaired) electrons. The SMILES string of the molecule is CCNC(=NCCCN1CCCC1C(=O)N(C)C)N1CCN(c2cccs2)CC1.I. The van der Waals surface area contributed by atoms with E-state index in [-0.39, 0.29) is 35.9 Å². The van der Waals surface area contributed by atoms with Gasteiger partial charge in [0.15, 0.2) is 5.96 Å². The van der Waals surface area contributed by atoms with Crippen LogP contribution in [0.5, 0.6) is 0 Å². The van der Waals surface area contributed by atoms with Gasteiger partial charge >= 0.3 is 0 Å². The van der Waals surface area contributed by atoms with Crippen LogP contribution in [-0.2, 0) is 4.79 Å². The minimum Gasteiger partial charge on any atom is -0.360 e. The van der Waals surface area contributed by atoms with E-state index in [0.717, 1.165) is 77.6 Å². The van der Waals surface area contributed by atoms with Crippen molar-refractivity contribution in [1.82, 2.24) is 20.0 Å². The fourth-order valence-electron chi connectivity index (χ4n) is 4.14. The number of likely N-dealkylation sites (tertiary alicyclic amines) is 1. The largest absolute Gasteiger partial charge is 0.360 e. The summed E-state index contributed by atoms with van der Waals surface area (Å²) in [4.78, 5) is 26.1. The summed E-state index contributed by atoms with van der Waals surface area (Å²) in [6.07, 6.45) is 3.09. The lowest BCUT2D eigenvalue weighted by Gasteiger charge is -2.37. The number of nitrogens with one attached hydrogen (secondary N) is 1. The summed E-state index contributed by atoms with van der Waals surface area (Å²) in [6.45, 7) is 9.84. The lowest BCUT2D eigenvalue weighted by atomic mass is 10.2. The van der Waals surface area contributed by atoms with E-state index < -0.39 is 0 Å². The van der Waals surface area contributed by atoms with Crippen LogP contribution in [0.3, 0.4) is 0 Å². The quantitative estimate of drug-likeness (QED) is 0.246. The van der Waals surface area contributed by atoms with Gasteiger partial charge in [-0.3, -0.25) is 14.7 Å². The Morgan fingerprint density at radius 1 is 1.27 bits per heavy atom. The summed E-state index contributed by atoms with van der Waals surface area (Å²) in [5, 5.41) is 6.96. The van der Waals surface area contributed by atoms with Gasteiger partial charge in [0.2, 0.25) is 5.91 Å². The van der Waals surface area contributed by atoms with Crippen LogP contribution >= 0.6 is 35.3 Å². The average Bonchev–Trinajstić information content (AvgIpc) is 3.42. The molecule has 7 nitrogen and oxygen atoms in total. The molecule has 170 valence electrons. The Bertz CT molecular complexity index is 660. The minimum absolute atomic E-state index is 0. The van der Waals surface area contributed by atoms with Crippen molar-refractivity contribution in [2.45, 2.75) is 32.2 Å². The van der Waals surface area contributed by atoms with Gasteiger partial charge in [-0.05, 0) is 50.2 Å². The van der Waals surface area contributed by atoms with Gasteiger partial charge in [0.1, 0.15) is 0 Å². The fourth-order valence-corrected chi connectivity index (χ4v) is 4.93. The van der Waals surface area contributed by atoms with Crippen LogP contribution in [-0.4, -0.2) is 99.1 Å². The van der Waals surface area contributed by atoms with Gasteiger partial charge in [-0.15, -0.1) is 35.3 Å². The van der Waals surface area contributed by atoms with Crippen molar-refractivity contribution in [3.63, 3.8) is 0 Å².